The van der Waals surface area contributed by atoms with Crippen molar-refractivity contribution in [2.75, 3.05) is 13.2 Å². The lowest BCUT2D eigenvalue weighted by atomic mass is 10.1. The fraction of sp³-hybridized carbons (Fsp3) is 0.294. The molecule has 1 amide bonds. The Morgan fingerprint density at radius 3 is 2.65 bits per heavy atom. The molecule has 2 rings (SSSR count). The van der Waals surface area contributed by atoms with Crippen molar-refractivity contribution >= 4 is 33.2 Å². The van der Waals surface area contributed by atoms with Crippen molar-refractivity contribution < 1.29 is 22.7 Å². The summed E-state index contributed by atoms with van der Waals surface area (Å²) in [5.74, 6) is -1.18. The number of nitrogens with one attached hydrogen (secondary N) is 2. The van der Waals surface area contributed by atoms with Crippen LogP contribution in [0.5, 0.6) is 0 Å². The third-order valence-electron chi connectivity index (χ3n) is 3.45. The van der Waals surface area contributed by atoms with Crippen LogP contribution in [-0.4, -0.2) is 33.4 Å². The van der Waals surface area contributed by atoms with Gasteiger partial charge in [-0.15, -0.1) is 11.3 Å². The van der Waals surface area contributed by atoms with Crippen molar-refractivity contribution in [2.45, 2.75) is 25.3 Å². The number of carbonyl (C=O) groups excluding carboxylic acids is 2. The first-order valence-corrected chi connectivity index (χ1v) is 10.3. The van der Waals surface area contributed by atoms with Gasteiger partial charge in [0.25, 0.3) is 5.91 Å². The van der Waals surface area contributed by atoms with Gasteiger partial charge in [0.1, 0.15) is 0 Å². The summed E-state index contributed by atoms with van der Waals surface area (Å²) in [5.41, 5.74) is 0.666. The van der Waals surface area contributed by atoms with E-state index in [1.165, 1.54) is 29.5 Å². The first-order chi connectivity index (χ1) is 12.3. The Bertz CT molecular complexity index is 877. The van der Waals surface area contributed by atoms with Crippen molar-refractivity contribution in [3.05, 3.63) is 51.7 Å². The average Bonchev–Trinajstić information content (AvgIpc) is 3.11. The number of aryl methyl sites for hydroxylation is 1. The predicted molar refractivity (Wildman–Crippen MR) is 98.5 cm³/mol. The Balaban J connectivity index is 1.99. The van der Waals surface area contributed by atoms with Crippen LogP contribution >= 0.6 is 11.3 Å². The van der Waals surface area contributed by atoms with E-state index in [-0.39, 0.29) is 17.0 Å². The second-order valence-corrected chi connectivity index (χ2v) is 8.21. The van der Waals surface area contributed by atoms with Crippen LogP contribution < -0.4 is 10.0 Å². The zero-order valence-corrected chi connectivity index (χ0v) is 16.1. The van der Waals surface area contributed by atoms with Crippen molar-refractivity contribution in [3.63, 3.8) is 0 Å². The fourth-order valence-corrected chi connectivity index (χ4v) is 3.83. The Morgan fingerprint density at radius 1 is 1.23 bits per heavy atom. The Labute approximate surface area is 156 Å². The van der Waals surface area contributed by atoms with Crippen LogP contribution in [0, 0.1) is 6.92 Å². The van der Waals surface area contributed by atoms with Gasteiger partial charge >= 0.3 is 5.97 Å². The number of hydrogen-bond donors (Lipinski definition) is 2. The third-order valence-corrected chi connectivity index (χ3v) is 5.87. The molecule has 1 aromatic carbocycles. The maximum absolute atomic E-state index is 12.2. The first kappa shape index (κ1) is 20.1. The second kappa shape index (κ2) is 8.93. The molecule has 0 radical (unpaired) electrons. The van der Waals surface area contributed by atoms with E-state index in [2.05, 4.69) is 10.0 Å². The predicted octanol–water partition coefficient (Wildman–Crippen LogP) is 1.83. The molecule has 1 heterocycles. The lowest BCUT2D eigenvalue weighted by Gasteiger charge is -2.10. The van der Waals surface area contributed by atoms with Crippen LogP contribution in [0.25, 0.3) is 0 Å². The normalized spacial score (nSPS) is 11.2. The molecule has 0 fully saturated rings. The maximum atomic E-state index is 12.2. The van der Waals surface area contributed by atoms with E-state index in [0.717, 1.165) is 4.88 Å². The monoisotopic (exact) mass is 396 g/mol. The van der Waals surface area contributed by atoms with Gasteiger partial charge in [0.05, 0.1) is 17.0 Å². The number of thiophene rings is 1. The molecule has 0 saturated carbocycles. The Kier molecular flexibility index (Phi) is 6.90. The number of ether oxygens (including phenoxy) is 1. The van der Waals surface area contributed by atoms with Crippen LogP contribution in [0.3, 0.4) is 0 Å². The van der Waals surface area contributed by atoms with Gasteiger partial charge in [0.15, 0.2) is 6.61 Å². The van der Waals surface area contributed by atoms with Gasteiger partial charge in [-0.3, -0.25) is 4.79 Å². The molecule has 9 heteroatoms. The van der Waals surface area contributed by atoms with Gasteiger partial charge in [0.2, 0.25) is 10.0 Å². The van der Waals surface area contributed by atoms with Gasteiger partial charge in [-0.2, -0.15) is 0 Å². The zero-order chi connectivity index (χ0) is 19.2. The number of carbonyl (C=O) groups is 2. The van der Waals surface area contributed by atoms with Gasteiger partial charge in [-0.25, -0.2) is 17.9 Å². The molecule has 0 bridgehead atoms. The number of hydrogen-bond acceptors (Lipinski definition) is 6. The third kappa shape index (κ3) is 5.38. The molecule has 7 nitrogen and oxygen atoms in total. The second-order valence-electron chi connectivity index (χ2n) is 5.41. The van der Waals surface area contributed by atoms with Crippen LogP contribution in [0.1, 0.15) is 27.7 Å². The van der Waals surface area contributed by atoms with E-state index in [1.807, 2.05) is 17.5 Å². The van der Waals surface area contributed by atoms with Gasteiger partial charge < -0.3 is 10.1 Å². The van der Waals surface area contributed by atoms with E-state index in [9.17, 15) is 18.0 Å². The largest absolute Gasteiger partial charge is 0.452 e. The minimum atomic E-state index is -3.68. The number of rotatable bonds is 8. The quantitative estimate of drug-likeness (QED) is 0.663. The molecule has 0 aliphatic rings. The number of esters is 1. The molecule has 0 spiro atoms. The Morgan fingerprint density at radius 2 is 2.00 bits per heavy atom. The highest BCUT2D eigenvalue weighted by atomic mass is 32.2. The highest BCUT2D eigenvalue weighted by Crippen LogP contribution is 2.16. The molecule has 0 aliphatic heterocycles. The van der Waals surface area contributed by atoms with Crippen LogP contribution in [0.4, 0.5) is 0 Å². The Hall–Kier alpha value is -2.23. The van der Waals surface area contributed by atoms with Crippen molar-refractivity contribution in [1.82, 2.24) is 10.0 Å². The summed E-state index contributed by atoms with van der Waals surface area (Å²) in [6.07, 6.45) is 0. The maximum Gasteiger partial charge on any atom is 0.338 e. The molecule has 1 aromatic heterocycles. The molecule has 0 aliphatic carbocycles. The fourth-order valence-electron chi connectivity index (χ4n) is 2.12. The lowest BCUT2D eigenvalue weighted by Crippen LogP contribution is -2.28. The SMILES string of the molecule is CCNS(=O)(=O)c1ccc(C)c(C(=O)OCC(=O)NCc2cccs2)c1. The highest BCUT2D eigenvalue weighted by molar-refractivity contribution is 7.89. The van der Waals surface area contributed by atoms with E-state index < -0.39 is 28.5 Å². The van der Waals surface area contributed by atoms with E-state index in [4.69, 9.17) is 4.74 Å². The molecule has 2 N–H and O–H groups in total. The highest BCUT2D eigenvalue weighted by Gasteiger charge is 2.18. The summed E-state index contributed by atoms with van der Waals surface area (Å²) >= 11 is 1.51. The molecule has 0 unspecified atom stereocenters. The molecular formula is C17H20N2O5S2. The summed E-state index contributed by atoms with van der Waals surface area (Å²) in [4.78, 5) is 25.0. The average molecular weight is 396 g/mol. The first-order valence-electron chi connectivity index (χ1n) is 7.90. The van der Waals surface area contributed by atoms with Crippen LogP contribution in [0.15, 0.2) is 40.6 Å². The summed E-state index contributed by atoms with van der Waals surface area (Å²) in [6.45, 7) is 3.49. The number of sulfonamides is 1. The topological polar surface area (TPSA) is 102 Å². The summed E-state index contributed by atoms with van der Waals surface area (Å²) < 4.78 is 31.5. The van der Waals surface area contributed by atoms with E-state index >= 15 is 0 Å². The minimum Gasteiger partial charge on any atom is -0.452 e. The minimum absolute atomic E-state index is 0.0287. The van der Waals surface area contributed by atoms with Crippen molar-refractivity contribution in [2.24, 2.45) is 0 Å². The molecular weight excluding hydrogens is 376 g/mol. The van der Waals surface area contributed by atoms with Gasteiger partial charge in [0, 0.05) is 11.4 Å². The van der Waals surface area contributed by atoms with Crippen LogP contribution in [0.2, 0.25) is 0 Å². The molecule has 0 saturated heterocycles. The van der Waals surface area contributed by atoms with E-state index in [1.54, 1.807) is 13.8 Å². The molecule has 26 heavy (non-hydrogen) atoms. The van der Waals surface area contributed by atoms with Gasteiger partial charge in [-0.1, -0.05) is 19.1 Å². The van der Waals surface area contributed by atoms with Crippen molar-refractivity contribution in [1.29, 1.82) is 0 Å². The van der Waals surface area contributed by atoms with Crippen molar-refractivity contribution in [3.8, 4) is 0 Å². The summed E-state index contributed by atoms with van der Waals surface area (Å²) in [7, 11) is -3.68. The number of benzene rings is 1. The van der Waals surface area contributed by atoms with Gasteiger partial charge in [-0.05, 0) is 36.1 Å². The van der Waals surface area contributed by atoms with Crippen LogP contribution in [-0.2, 0) is 26.1 Å². The zero-order valence-electron chi connectivity index (χ0n) is 14.4. The smallest absolute Gasteiger partial charge is 0.338 e. The van der Waals surface area contributed by atoms with E-state index in [0.29, 0.717) is 12.1 Å². The lowest BCUT2D eigenvalue weighted by molar-refractivity contribution is -0.124. The molecule has 140 valence electrons. The number of amides is 1. The molecule has 2 aromatic rings. The molecule has 0 atom stereocenters. The summed E-state index contributed by atoms with van der Waals surface area (Å²) in [5, 5.41) is 4.55. The standard InChI is InChI=1S/C17H20N2O5S2/c1-3-19-26(22,23)14-7-6-12(2)15(9-14)17(21)24-11-16(20)18-10-13-5-4-8-25-13/h4-9,19H,3,10-11H2,1-2H3,(H,18,20). The summed E-state index contributed by atoms with van der Waals surface area (Å²) in [6, 6.07) is 7.95.